The molecule has 8 heteroatoms. The number of fused-ring (bicyclic) bond motifs is 6. The van der Waals surface area contributed by atoms with Gasteiger partial charge in [-0.1, -0.05) is 29.8 Å². The Balaban J connectivity index is 1.75. The van der Waals surface area contributed by atoms with E-state index in [4.69, 9.17) is 16.6 Å². The van der Waals surface area contributed by atoms with Crippen molar-refractivity contribution in [2.75, 3.05) is 0 Å². The van der Waals surface area contributed by atoms with E-state index in [0.717, 1.165) is 33.3 Å². The van der Waals surface area contributed by atoms with E-state index in [1.54, 1.807) is 18.3 Å². The fourth-order valence-electron chi connectivity index (χ4n) is 4.86. The van der Waals surface area contributed by atoms with Gasteiger partial charge in [0.1, 0.15) is 11.6 Å². The predicted molar refractivity (Wildman–Crippen MR) is 134 cm³/mol. The van der Waals surface area contributed by atoms with Crippen molar-refractivity contribution >= 4 is 44.2 Å². The minimum atomic E-state index is -0.470. The van der Waals surface area contributed by atoms with E-state index in [1.807, 2.05) is 49.8 Å². The molecule has 168 valence electrons. The first-order valence-electron chi connectivity index (χ1n) is 10.8. The molecule has 0 aliphatic carbocycles. The minimum absolute atomic E-state index is 0.199. The van der Waals surface area contributed by atoms with Crippen LogP contribution < -0.4 is 5.56 Å². The van der Waals surface area contributed by atoms with Crippen LogP contribution in [0, 0.1) is 19.7 Å². The molecule has 0 aliphatic rings. The van der Waals surface area contributed by atoms with Crippen molar-refractivity contribution in [3.8, 4) is 22.5 Å². The highest BCUT2D eigenvalue weighted by Gasteiger charge is 2.20. The molecular weight excluding hydrogens is 453 g/mol. The number of rotatable bonds is 2. The standard InChI is InChI=1S/C26H19ClFN5O/c1-12-20(13(2)33(3)32-12)14-7-8-15-17(11-14)21-16(9-10-29-26(21)34)24-23(15)30-25(31-24)22-18(27)5-4-6-19(22)28/h4-11H,1-3H3,(H,29,34)(H,30,31). The number of imidazole rings is 1. The first-order valence-corrected chi connectivity index (χ1v) is 11.1. The van der Waals surface area contributed by atoms with Crippen molar-refractivity contribution < 1.29 is 4.39 Å². The minimum Gasteiger partial charge on any atom is -0.337 e. The van der Waals surface area contributed by atoms with Gasteiger partial charge >= 0.3 is 0 Å². The first kappa shape index (κ1) is 20.6. The topological polar surface area (TPSA) is 79.4 Å². The van der Waals surface area contributed by atoms with Crippen LogP contribution in [0.4, 0.5) is 4.39 Å². The Hall–Kier alpha value is -3.97. The fraction of sp³-hybridized carbons (Fsp3) is 0.115. The van der Waals surface area contributed by atoms with Gasteiger partial charge in [0.2, 0.25) is 0 Å². The molecule has 0 spiro atoms. The Morgan fingerprint density at radius 2 is 1.85 bits per heavy atom. The third-order valence-electron chi connectivity index (χ3n) is 6.48. The Bertz CT molecular complexity index is 1830. The average Bonchev–Trinajstić information content (AvgIpc) is 3.34. The molecule has 6 nitrogen and oxygen atoms in total. The molecule has 0 fully saturated rings. The number of nitrogens with one attached hydrogen (secondary N) is 2. The highest BCUT2D eigenvalue weighted by molar-refractivity contribution is 6.33. The predicted octanol–water partition coefficient (Wildman–Crippen LogP) is 6.03. The van der Waals surface area contributed by atoms with E-state index < -0.39 is 5.82 Å². The van der Waals surface area contributed by atoms with Gasteiger partial charge in [0.25, 0.3) is 5.56 Å². The smallest absolute Gasteiger partial charge is 0.256 e. The SMILES string of the molecule is Cc1nn(C)c(C)c1-c1ccc2c(c1)c1c(=O)[nH]ccc1c1[nH]c(-c3c(F)cccc3Cl)nc21. The zero-order chi connectivity index (χ0) is 23.7. The Kier molecular flexibility index (Phi) is 4.41. The molecule has 0 aliphatic heterocycles. The van der Waals surface area contributed by atoms with Crippen molar-refractivity contribution in [2.45, 2.75) is 13.8 Å². The number of aromatic amines is 2. The number of hydrogen-bond donors (Lipinski definition) is 2. The molecule has 0 unspecified atom stereocenters. The lowest BCUT2D eigenvalue weighted by Crippen LogP contribution is -2.05. The molecular formula is C26H19ClFN5O. The van der Waals surface area contributed by atoms with Gasteiger partial charge < -0.3 is 9.97 Å². The monoisotopic (exact) mass is 471 g/mol. The Labute approximate surface area is 198 Å². The first-order chi connectivity index (χ1) is 16.3. The van der Waals surface area contributed by atoms with Gasteiger partial charge in [0.15, 0.2) is 0 Å². The molecule has 0 bridgehead atoms. The highest BCUT2D eigenvalue weighted by atomic mass is 35.5. The van der Waals surface area contributed by atoms with Crippen LogP contribution in [0.1, 0.15) is 11.4 Å². The summed E-state index contributed by atoms with van der Waals surface area (Å²) in [6.45, 7) is 3.99. The van der Waals surface area contributed by atoms with Gasteiger partial charge in [-0.05, 0) is 49.1 Å². The highest BCUT2D eigenvalue weighted by Crippen LogP contribution is 2.38. The molecule has 34 heavy (non-hydrogen) atoms. The van der Waals surface area contributed by atoms with Crippen LogP contribution >= 0.6 is 11.6 Å². The number of hydrogen-bond acceptors (Lipinski definition) is 3. The lowest BCUT2D eigenvalue weighted by atomic mass is 9.96. The number of benzene rings is 3. The third kappa shape index (κ3) is 2.83. The Morgan fingerprint density at radius 3 is 2.59 bits per heavy atom. The van der Waals surface area contributed by atoms with E-state index in [0.29, 0.717) is 27.6 Å². The maximum Gasteiger partial charge on any atom is 0.256 e. The number of aromatic nitrogens is 5. The van der Waals surface area contributed by atoms with Gasteiger partial charge in [-0.2, -0.15) is 5.10 Å². The van der Waals surface area contributed by atoms with Crippen LogP contribution in [-0.4, -0.2) is 24.7 Å². The lowest BCUT2D eigenvalue weighted by molar-refractivity contribution is 0.630. The molecule has 0 saturated heterocycles. The summed E-state index contributed by atoms with van der Waals surface area (Å²) in [5, 5.41) is 7.59. The average molecular weight is 472 g/mol. The third-order valence-corrected chi connectivity index (χ3v) is 6.79. The van der Waals surface area contributed by atoms with Gasteiger partial charge in [-0.3, -0.25) is 9.48 Å². The second kappa shape index (κ2) is 7.27. The summed E-state index contributed by atoms with van der Waals surface area (Å²) in [6.07, 6.45) is 1.60. The van der Waals surface area contributed by atoms with E-state index in [1.165, 1.54) is 6.07 Å². The molecule has 6 aromatic rings. The number of halogens is 2. The number of H-pyrrole nitrogens is 2. The second-order valence-corrected chi connectivity index (χ2v) is 8.84. The molecule has 3 heterocycles. The number of nitrogens with zero attached hydrogens (tertiary/aromatic N) is 3. The fourth-order valence-corrected chi connectivity index (χ4v) is 5.12. The van der Waals surface area contributed by atoms with Crippen LogP contribution in [0.25, 0.3) is 55.1 Å². The van der Waals surface area contributed by atoms with Crippen molar-refractivity contribution in [1.82, 2.24) is 24.7 Å². The van der Waals surface area contributed by atoms with Crippen LogP contribution in [0.15, 0.2) is 53.5 Å². The molecule has 3 aromatic carbocycles. The van der Waals surface area contributed by atoms with Gasteiger partial charge in [0.05, 0.1) is 32.7 Å². The van der Waals surface area contributed by atoms with Crippen LogP contribution in [0.3, 0.4) is 0 Å². The molecule has 0 atom stereocenters. The maximum atomic E-state index is 14.7. The summed E-state index contributed by atoms with van der Waals surface area (Å²) in [5.41, 5.74) is 5.24. The summed E-state index contributed by atoms with van der Waals surface area (Å²) in [5.74, 6) is -0.155. The molecule has 2 N–H and O–H groups in total. The maximum absolute atomic E-state index is 14.7. The second-order valence-electron chi connectivity index (χ2n) is 8.43. The van der Waals surface area contributed by atoms with E-state index in [-0.39, 0.29) is 16.1 Å². The molecule has 0 radical (unpaired) electrons. The Morgan fingerprint density at radius 1 is 1.03 bits per heavy atom. The van der Waals surface area contributed by atoms with Crippen molar-refractivity contribution in [3.63, 3.8) is 0 Å². The molecule has 0 amide bonds. The summed E-state index contributed by atoms with van der Waals surface area (Å²) < 4.78 is 16.5. The molecule has 0 saturated carbocycles. The quantitative estimate of drug-likeness (QED) is 0.302. The van der Waals surface area contributed by atoms with E-state index in [9.17, 15) is 9.18 Å². The van der Waals surface area contributed by atoms with Crippen LogP contribution in [0.2, 0.25) is 5.02 Å². The summed E-state index contributed by atoms with van der Waals surface area (Å²) in [4.78, 5) is 23.8. The lowest BCUT2D eigenvalue weighted by Gasteiger charge is -2.09. The van der Waals surface area contributed by atoms with Crippen molar-refractivity contribution in [3.05, 3.63) is 81.2 Å². The van der Waals surface area contributed by atoms with Gasteiger partial charge in [0, 0.05) is 35.3 Å². The van der Waals surface area contributed by atoms with Crippen LogP contribution in [0.5, 0.6) is 0 Å². The van der Waals surface area contributed by atoms with Gasteiger partial charge in [-0.15, -0.1) is 0 Å². The molecule has 6 rings (SSSR count). The normalized spacial score (nSPS) is 11.8. The van der Waals surface area contributed by atoms with E-state index >= 15 is 0 Å². The number of pyridine rings is 1. The summed E-state index contributed by atoms with van der Waals surface area (Å²) in [7, 11) is 1.91. The van der Waals surface area contributed by atoms with Crippen molar-refractivity contribution in [2.24, 2.45) is 7.05 Å². The zero-order valence-corrected chi connectivity index (χ0v) is 19.4. The van der Waals surface area contributed by atoms with Crippen LogP contribution in [-0.2, 0) is 7.05 Å². The zero-order valence-electron chi connectivity index (χ0n) is 18.6. The van der Waals surface area contributed by atoms with Gasteiger partial charge in [-0.25, -0.2) is 9.37 Å². The summed E-state index contributed by atoms with van der Waals surface area (Å²) in [6, 6.07) is 12.3. The molecule has 3 aromatic heterocycles. The summed E-state index contributed by atoms with van der Waals surface area (Å²) >= 11 is 6.31. The van der Waals surface area contributed by atoms with E-state index in [2.05, 4.69) is 15.1 Å². The number of aryl methyl sites for hydroxylation is 2. The van der Waals surface area contributed by atoms with Crippen molar-refractivity contribution in [1.29, 1.82) is 0 Å². The largest absolute Gasteiger partial charge is 0.337 e.